The van der Waals surface area contributed by atoms with Gasteiger partial charge < -0.3 is 9.73 Å². The molecule has 0 aromatic carbocycles. The summed E-state index contributed by atoms with van der Waals surface area (Å²) in [5.41, 5.74) is 1.47. The Morgan fingerprint density at radius 2 is 2.12 bits per heavy atom. The average molecular weight is 354 g/mol. The Balaban J connectivity index is 1.44. The standard InChI is InChI=1S/C19H22N4OS/c1-2-9-23(8-1)14(15-6-4-10-24-15)11-20-18-17-13-5-3-7-16(13)25-19(17)22-12-21-18/h4,6,10,12,14H,1-3,5,7-9,11H2,(H,20,21,22). The number of furan rings is 1. The minimum Gasteiger partial charge on any atom is -0.468 e. The molecule has 5 nitrogen and oxygen atoms in total. The fourth-order valence-corrected chi connectivity index (χ4v) is 5.43. The van der Waals surface area contributed by atoms with Gasteiger partial charge in [-0.25, -0.2) is 9.97 Å². The van der Waals surface area contributed by atoms with Crippen LogP contribution in [0.3, 0.4) is 0 Å². The van der Waals surface area contributed by atoms with Gasteiger partial charge in [0.25, 0.3) is 0 Å². The number of hydrogen-bond donors (Lipinski definition) is 1. The second-order valence-corrected chi connectivity index (χ2v) is 8.00. The van der Waals surface area contributed by atoms with Crippen LogP contribution >= 0.6 is 11.3 Å². The lowest BCUT2D eigenvalue weighted by Crippen LogP contribution is -2.31. The Bertz CT molecular complexity index is 867. The summed E-state index contributed by atoms with van der Waals surface area (Å²) < 4.78 is 5.73. The largest absolute Gasteiger partial charge is 0.468 e. The highest BCUT2D eigenvalue weighted by molar-refractivity contribution is 7.19. The smallest absolute Gasteiger partial charge is 0.138 e. The van der Waals surface area contributed by atoms with E-state index in [0.29, 0.717) is 0 Å². The normalized spacial score (nSPS) is 18.7. The molecule has 6 heteroatoms. The molecule has 1 aliphatic heterocycles. The van der Waals surface area contributed by atoms with Gasteiger partial charge in [0.2, 0.25) is 0 Å². The molecule has 1 N–H and O–H groups in total. The molecule has 1 saturated heterocycles. The van der Waals surface area contributed by atoms with Crippen molar-refractivity contribution in [3.63, 3.8) is 0 Å². The van der Waals surface area contributed by atoms with Crippen molar-refractivity contribution in [2.24, 2.45) is 0 Å². The number of rotatable bonds is 5. The Labute approximate surface area is 151 Å². The Morgan fingerprint density at radius 1 is 1.20 bits per heavy atom. The van der Waals surface area contributed by atoms with E-state index in [0.717, 1.165) is 42.5 Å². The first kappa shape index (κ1) is 15.3. The van der Waals surface area contributed by atoms with Crippen LogP contribution in [-0.2, 0) is 12.8 Å². The van der Waals surface area contributed by atoms with Crippen molar-refractivity contribution in [1.82, 2.24) is 14.9 Å². The summed E-state index contributed by atoms with van der Waals surface area (Å²) in [6.07, 6.45) is 9.61. The van der Waals surface area contributed by atoms with E-state index in [2.05, 4.69) is 26.3 Å². The summed E-state index contributed by atoms with van der Waals surface area (Å²) in [5.74, 6) is 2.02. The van der Waals surface area contributed by atoms with Crippen molar-refractivity contribution in [2.75, 3.05) is 25.0 Å². The second-order valence-electron chi connectivity index (χ2n) is 6.91. The zero-order valence-electron chi connectivity index (χ0n) is 14.2. The maximum Gasteiger partial charge on any atom is 0.138 e. The summed E-state index contributed by atoms with van der Waals surface area (Å²) in [6, 6.07) is 4.32. The van der Waals surface area contributed by atoms with Gasteiger partial charge in [0.15, 0.2) is 0 Å². The molecule has 0 saturated carbocycles. The van der Waals surface area contributed by atoms with Crippen LogP contribution in [0.1, 0.15) is 41.5 Å². The number of anilines is 1. The molecule has 130 valence electrons. The fourth-order valence-electron chi connectivity index (χ4n) is 4.20. The highest BCUT2D eigenvalue weighted by atomic mass is 32.1. The van der Waals surface area contributed by atoms with Crippen LogP contribution in [0.25, 0.3) is 10.2 Å². The first-order valence-corrected chi connectivity index (χ1v) is 9.98. The number of nitrogens with zero attached hydrogens (tertiary/aromatic N) is 3. The van der Waals surface area contributed by atoms with Gasteiger partial charge in [-0.2, -0.15) is 0 Å². The number of fused-ring (bicyclic) bond motifs is 3. The van der Waals surface area contributed by atoms with Gasteiger partial charge in [-0.1, -0.05) is 0 Å². The van der Waals surface area contributed by atoms with Gasteiger partial charge in [-0.3, -0.25) is 4.90 Å². The molecule has 0 bridgehead atoms. The Kier molecular flexibility index (Phi) is 3.94. The van der Waals surface area contributed by atoms with Crippen LogP contribution in [0.15, 0.2) is 29.1 Å². The summed E-state index contributed by atoms with van der Waals surface area (Å²) >= 11 is 1.84. The minimum atomic E-state index is 0.259. The van der Waals surface area contributed by atoms with E-state index in [9.17, 15) is 0 Å². The topological polar surface area (TPSA) is 54.2 Å². The van der Waals surface area contributed by atoms with Crippen molar-refractivity contribution in [1.29, 1.82) is 0 Å². The molecule has 0 radical (unpaired) electrons. The molecule has 0 amide bonds. The molecule has 2 aliphatic rings. The first-order chi connectivity index (χ1) is 12.4. The Morgan fingerprint density at radius 3 is 2.96 bits per heavy atom. The highest BCUT2D eigenvalue weighted by Crippen LogP contribution is 2.39. The molecule has 25 heavy (non-hydrogen) atoms. The predicted molar refractivity (Wildman–Crippen MR) is 100 cm³/mol. The van der Waals surface area contributed by atoms with Crippen LogP contribution in [0.5, 0.6) is 0 Å². The van der Waals surface area contributed by atoms with Crippen molar-refractivity contribution in [3.8, 4) is 0 Å². The zero-order valence-corrected chi connectivity index (χ0v) is 15.0. The Hall–Kier alpha value is -1.92. The summed E-state index contributed by atoms with van der Waals surface area (Å²) in [6.45, 7) is 3.09. The van der Waals surface area contributed by atoms with Gasteiger partial charge in [-0.05, 0) is 62.9 Å². The number of aromatic nitrogens is 2. The zero-order chi connectivity index (χ0) is 16.6. The number of aryl methyl sites for hydroxylation is 2. The van der Waals surface area contributed by atoms with Crippen LogP contribution in [-0.4, -0.2) is 34.5 Å². The van der Waals surface area contributed by atoms with E-state index < -0.39 is 0 Å². The third-order valence-corrected chi connectivity index (χ3v) is 6.62. The van der Waals surface area contributed by atoms with Crippen molar-refractivity contribution in [2.45, 2.75) is 38.1 Å². The maximum absolute atomic E-state index is 5.73. The van der Waals surface area contributed by atoms with Gasteiger partial charge in [0, 0.05) is 11.4 Å². The lowest BCUT2D eigenvalue weighted by molar-refractivity contribution is 0.225. The van der Waals surface area contributed by atoms with Crippen LogP contribution in [0, 0.1) is 0 Å². The number of likely N-dealkylation sites (tertiary alicyclic amines) is 1. The molecule has 1 aliphatic carbocycles. The SMILES string of the molecule is c1coc(C(CNc2ncnc3sc4c(c23)CCC4)N2CCCC2)c1. The molecule has 1 atom stereocenters. The summed E-state index contributed by atoms with van der Waals surface area (Å²) in [5, 5.41) is 4.87. The summed E-state index contributed by atoms with van der Waals surface area (Å²) in [7, 11) is 0. The molecule has 3 aromatic rings. The lowest BCUT2D eigenvalue weighted by Gasteiger charge is -2.26. The van der Waals surface area contributed by atoms with Gasteiger partial charge >= 0.3 is 0 Å². The number of hydrogen-bond acceptors (Lipinski definition) is 6. The molecule has 1 unspecified atom stereocenters. The third kappa shape index (κ3) is 2.73. The second kappa shape index (κ2) is 6.42. The van der Waals surface area contributed by atoms with Crippen molar-refractivity contribution >= 4 is 27.4 Å². The van der Waals surface area contributed by atoms with Crippen molar-refractivity contribution < 1.29 is 4.42 Å². The van der Waals surface area contributed by atoms with Crippen LogP contribution in [0.2, 0.25) is 0 Å². The molecule has 1 fully saturated rings. The minimum absolute atomic E-state index is 0.259. The first-order valence-electron chi connectivity index (χ1n) is 9.17. The quantitative estimate of drug-likeness (QED) is 0.750. The molecule has 4 heterocycles. The number of nitrogens with one attached hydrogen (secondary N) is 1. The van der Waals surface area contributed by atoms with E-state index >= 15 is 0 Å². The van der Waals surface area contributed by atoms with Gasteiger partial charge in [-0.15, -0.1) is 11.3 Å². The molecule has 5 rings (SSSR count). The monoisotopic (exact) mass is 354 g/mol. The van der Waals surface area contributed by atoms with E-state index in [4.69, 9.17) is 4.42 Å². The molecule has 3 aromatic heterocycles. The summed E-state index contributed by atoms with van der Waals surface area (Å²) in [4.78, 5) is 14.2. The molecule has 0 spiro atoms. The van der Waals surface area contributed by atoms with Gasteiger partial charge in [0.05, 0.1) is 17.7 Å². The number of thiophene rings is 1. The van der Waals surface area contributed by atoms with Gasteiger partial charge in [0.1, 0.15) is 22.7 Å². The van der Waals surface area contributed by atoms with E-state index in [1.807, 2.05) is 17.4 Å². The van der Waals surface area contributed by atoms with Crippen LogP contribution in [0.4, 0.5) is 5.82 Å². The van der Waals surface area contributed by atoms with Crippen molar-refractivity contribution in [3.05, 3.63) is 40.9 Å². The average Bonchev–Trinajstić information content (AvgIpc) is 3.39. The maximum atomic E-state index is 5.73. The molecular formula is C19H22N4OS. The highest BCUT2D eigenvalue weighted by Gasteiger charge is 2.26. The van der Waals surface area contributed by atoms with Crippen LogP contribution < -0.4 is 5.32 Å². The predicted octanol–water partition coefficient (Wildman–Crippen LogP) is 4.02. The van der Waals surface area contributed by atoms with E-state index in [1.165, 1.54) is 41.5 Å². The molecular weight excluding hydrogens is 332 g/mol. The lowest BCUT2D eigenvalue weighted by atomic mass is 10.1. The van der Waals surface area contributed by atoms with E-state index in [-0.39, 0.29) is 6.04 Å². The van der Waals surface area contributed by atoms with E-state index in [1.54, 1.807) is 12.6 Å². The third-order valence-electron chi connectivity index (χ3n) is 5.42. The fraction of sp³-hybridized carbons (Fsp3) is 0.474.